The molecule has 1 rings (SSSR count). The lowest BCUT2D eigenvalue weighted by Gasteiger charge is -2.11. The third-order valence-electron chi connectivity index (χ3n) is 1.52. The summed E-state index contributed by atoms with van der Waals surface area (Å²) in [6.45, 7) is 0.900. The molecule has 1 aliphatic heterocycles. The summed E-state index contributed by atoms with van der Waals surface area (Å²) in [7, 11) is 0. The molecule has 0 unspecified atom stereocenters. The van der Waals surface area contributed by atoms with Gasteiger partial charge in [-0.15, -0.1) is 0 Å². The molecule has 3 nitrogen and oxygen atoms in total. The molecule has 0 aliphatic carbocycles. The molecule has 0 amide bonds. The third-order valence-corrected chi connectivity index (χ3v) is 1.52. The van der Waals surface area contributed by atoms with Crippen LogP contribution in [0.3, 0.4) is 0 Å². The summed E-state index contributed by atoms with van der Waals surface area (Å²) in [5.74, 6) is -2.10. The summed E-state index contributed by atoms with van der Waals surface area (Å²) in [5.41, 5.74) is 0. The van der Waals surface area contributed by atoms with Gasteiger partial charge in [-0.1, -0.05) is 0 Å². The molecule has 6 heteroatoms. The highest BCUT2D eigenvalue weighted by Gasteiger charge is 2.42. The van der Waals surface area contributed by atoms with Gasteiger partial charge in [0.15, 0.2) is 0 Å². The fraction of sp³-hybridized carbons (Fsp3) is 0.833. The third kappa shape index (κ3) is 2.37. The number of esters is 1. The minimum absolute atomic E-state index is 0.307. The molecule has 0 spiro atoms. The van der Waals surface area contributed by atoms with Crippen LogP contribution in [0.25, 0.3) is 0 Å². The predicted octanol–water partition coefficient (Wildman–Crippen LogP) is 0.454. The van der Waals surface area contributed by atoms with Gasteiger partial charge < -0.3 is 10.1 Å². The minimum atomic E-state index is -4.87. The first-order chi connectivity index (χ1) is 5.50. The number of nitrogens with one attached hydrogen (secondary N) is 1. The van der Waals surface area contributed by atoms with Crippen LogP contribution in [0.4, 0.5) is 13.2 Å². The van der Waals surface area contributed by atoms with Crippen LogP contribution in [0.1, 0.15) is 6.42 Å². The molecule has 0 bridgehead atoms. The Hall–Kier alpha value is -0.780. The zero-order chi connectivity index (χ0) is 9.19. The number of hydrogen-bond acceptors (Lipinski definition) is 3. The molecule has 12 heavy (non-hydrogen) atoms. The van der Waals surface area contributed by atoms with Crippen molar-refractivity contribution in [3.63, 3.8) is 0 Å². The molecule has 1 N–H and O–H groups in total. The van der Waals surface area contributed by atoms with Gasteiger partial charge in [-0.25, -0.2) is 4.79 Å². The zero-order valence-corrected chi connectivity index (χ0v) is 6.15. The molecule has 0 aromatic carbocycles. The van der Waals surface area contributed by atoms with E-state index in [-0.39, 0.29) is 0 Å². The predicted molar refractivity (Wildman–Crippen MR) is 33.4 cm³/mol. The Morgan fingerprint density at radius 3 is 2.58 bits per heavy atom. The van der Waals surface area contributed by atoms with Crippen LogP contribution in [0.2, 0.25) is 0 Å². The Morgan fingerprint density at radius 1 is 1.50 bits per heavy atom. The van der Waals surface area contributed by atoms with Crippen LogP contribution < -0.4 is 5.32 Å². The maximum Gasteiger partial charge on any atom is 0.490 e. The minimum Gasteiger partial charge on any atom is -0.454 e. The Labute approximate surface area is 66.9 Å². The molecular weight excluding hydrogens is 175 g/mol. The van der Waals surface area contributed by atoms with Crippen molar-refractivity contribution in [3.05, 3.63) is 0 Å². The number of hydrogen-bond donors (Lipinski definition) is 1. The Balaban J connectivity index is 2.35. The fourth-order valence-electron chi connectivity index (χ4n) is 0.947. The molecule has 0 saturated carbocycles. The number of ether oxygens (including phenoxy) is 1. The first kappa shape index (κ1) is 9.31. The van der Waals surface area contributed by atoms with Crippen molar-refractivity contribution >= 4 is 5.97 Å². The van der Waals surface area contributed by atoms with E-state index >= 15 is 0 Å². The summed E-state index contributed by atoms with van der Waals surface area (Å²) < 4.78 is 39.0. The SMILES string of the molecule is O=C(O[C@H]1CCNC1)C(F)(F)F. The highest BCUT2D eigenvalue weighted by atomic mass is 19.4. The van der Waals surface area contributed by atoms with Gasteiger partial charge >= 0.3 is 12.1 Å². The molecule has 70 valence electrons. The van der Waals surface area contributed by atoms with Gasteiger partial charge in [0, 0.05) is 6.54 Å². The first-order valence-corrected chi connectivity index (χ1v) is 3.48. The summed E-state index contributed by atoms with van der Waals surface area (Å²) in [6.07, 6.45) is -5.05. The van der Waals surface area contributed by atoms with Crippen molar-refractivity contribution in [2.45, 2.75) is 18.7 Å². The maximum atomic E-state index is 11.6. The molecule has 1 heterocycles. The van der Waals surface area contributed by atoms with E-state index in [1.54, 1.807) is 0 Å². The molecule has 0 aromatic rings. The van der Waals surface area contributed by atoms with E-state index in [0.29, 0.717) is 19.5 Å². The van der Waals surface area contributed by atoms with Gasteiger partial charge in [-0.3, -0.25) is 0 Å². The van der Waals surface area contributed by atoms with E-state index in [4.69, 9.17) is 0 Å². The monoisotopic (exact) mass is 183 g/mol. The van der Waals surface area contributed by atoms with Crippen LogP contribution in [0.15, 0.2) is 0 Å². The van der Waals surface area contributed by atoms with Gasteiger partial charge in [0.2, 0.25) is 0 Å². The molecular formula is C6H8F3NO2. The van der Waals surface area contributed by atoms with E-state index in [9.17, 15) is 18.0 Å². The topological polar surface area (TPSA) is 38.3 Å². The van der Waals surface area contributed by atoms with Crippen molar-refractivity contribution in [1.29, 1.82) is 0 Å². The van der Waals surface area contributed by atoms with Crippen LogP contribution >= 0.6 is 0 Å². The quantitative estimate of drug-likeness (QED) is 0.600. The number of carbonyl (C=O) groups excluding carboxylic acids is 1. The molecule has 1 saturated heterocycles. The van der Waals surface area contributed by atoms with Crippen molar-refractivity contribution in [1.82, 2.24) is 5.32 Å². The summed E-state index contributed by atoms with van der Waals surface area (Å²) in [4.78, 5) is 10.2. The second kappa shape index (κ2) is 3.30. The Morgan fingerprint density at radius 2 is 2.17 bits per heavy atom. The average molecular weight is 183 g/mol. The van der Waals surface area contributed by atoms with Crippen molar-refractivity contribution in [2.75, 3.05) is 13.1 Å². The normalized spacial score (nSPS) is 24.1. The van der Waals surface area contributed by atoms with E-state index in [1.165, 1.54) is 0 Å². The van der Waals surface area contributed by atoms with Crippen LogP contribution in [-0.4, -0.2) is 31.3 Å². The zero-order valence-electron chi connectivity index (χ0n) is 6.15. The number of halogens is 3. The number of carbonyl (C=O) groups is 1. The molecule has 1 atom stereocenters. The average Bonchev–Trinajstić information content (AvgIpc) is 2.37. The molecule has 1 fully saturated rings. The van der Waals surface area contributed by atoms with Crippen molar-refractivity contribution < 1.29 is 22.7 Å². The van der Waals surface area contributed by atoms with Crippen LogP contribution in [-0.2, 0) is 9.53 Å². The molecule has 1 aliphatic rings. The van der Waals surface area contributed by atoms with Crippen molar-refractivity contribution in [3.8, 4) is 0 Å². The van der Waals surface area contributed by atoms with E-state index in [0.717, 1.165) is 0 Å². The van der Waals surface area contributed by atoms with Gasteiger partial charge in [0.1, 0.15) is 6.10 Å². The molecule has 0 radical (unpaired) electrons. The highest BCUT2D eigenvalue weighted by Crippen LogP contribution is 2.18. The van der Waals surface area contributed by atoms with Gasteiger partial charge in [-0.2, -0.15) is 13.2 Å². The highest BCUT2D eigenvalue weighted by molar-refractivity contribution is 5.75. The fourth-order valence-corrected chi connectivity index (χ4v) is 0.947. The van der Waals surface area contributed by atoms with Crippen LogP contribution in [0, 0.1) is 0 Å². The first-order valence-electron chi connectivity index (χ1n) is 3.48. The summed E-state index contributed by atoms with van der Waals surface area (Å²) in [5, 5.41) is 2.78. The smallest absolute Gasteiger partial charge is 0.454 e. The van der Waals surface area contributed by atoms with Gasteiger partial charge in [-0.05, 0) is 13.0 Å². The Kier molecular flexibility index (Phi) is 2.56. The Bertz CT molecular complexity index is 174. The van der Waals surface area contributed by atoms with E-state index in [1.807, 2.05) is 0 Å². The summed E-state index contributed by atoms with van der Waals surface area (Å²) in [6, 6.07) is 0. The summed E-state index contributed by atoms with van der Waals surface area (Å²) >= 11 is 0. The second-order valence-electron chi connectivity index (χ2n) is 2.52. The van der Waals surface area contributed by atoms with Crippen LogP contribution in [0.5, 0.6) is 0 Å². The molecule has 0 aromatic heterocycles. The van der Waals surface area contributed by atoms with Gasteiger partial charge in [0.25, 0.3) is 0 Å². The maximum absolute atomic E-state index is 11.6. The number of rotatable bonds is 1. The largest absolute Gasteiger partial charge is 0.490 e. The second-order valence-corrected chi connectivity index (χ2v) is 2.52. The van der Waals surface area contributed by atoms with Crippen molar-refractivity contribution in [2.24, 2.45) is 0 Å². The standard InChI is InChI=1S/C6H8F3NO2/c7-6(8,9)5(11)12-4-1-2-10-3-4/h4,10H,1-3H2/t4-/m0/s1. The van der Waals surface area contributed by atoms with E-state index < -0.39 is 18.2 Å². The lowest BCUT2D eigenvalue weighted by molar-refractivity contribution is -0.204. The number of alkyl halides is 3. The van der Waals surface area contributed by atoms with E-state index in [2.05, 4.69) is 10.1 Å². The lowest BCUT2D eigenvalue weighted by atomic mass is 10.3. The lowest BCUT2D eigenvalue weighted by Crippen LogP contribution is -2.31. The van der Waals surface area contributed by atoms with Gasteiger partial charge in [0.05, 0.1) is 0 Å².